The molecule has 4 aliphatic rings. The number of aliphatic hydroxyl groups is 1. The summed E-state index contributed by atoms with van der Waals surface area (Å²) in [5, 5.41) is 9.92. The highest BCUT2D eigenvalue weighted by Crippen LogP contribution is 2.69. The Morgan fingerprint density at radius 2 is 1.45 bits per heavy atom. The molecule has 1 N–H and O–H groups in total. The normalized spacial score (nSPS) is 49.1. The minimum Gasteiger partial charge on any atom is -0.396 e. The van der Waals surface area contributed by atoms with Crippen molar-refractivity contribution in [3.8, 4) is 0 Å². The van der Waals surface area contributed by atoms with Gasteiger partial charge in [-0.05, 0) is 115 Å². The number of hydrogen-bond acceptors (Lipinski definition) is 1. The molecule has 4 rings (SSSR count). The van der Waals surface area contributed by atoms with Crippen LogP contribution in [0.2, 0.25) is 0 Å². The molecule has 29 heavy (non-hydrogen) atoms. The minimum atomic E-state index is 0.430. The monoisotopic (exact) mass is 400 g/mol. The first kappa shape index (κ1) is 21.9. The maximum atomic E-state index is 9.92. The van der Waals surface area contributed by atoms with Crippen molar-refractivity contribution in [2.45, 2.75) is 92.9 Å². The van der Waals surface area contributed by atoms with Crippen LogP contribution in [0.25, 0.3) is 0 Å². The van der Waals surface area contributed by atoms with Crippen molar-refractivity contribution in [1.29, 1.82) is 0 Å². The van der Waals surface area contributed by atoms with Crippen LogP contribution in [-0.2, 0) is 0 Å². The number of aliphatic hydroxyl groups excluding tert-OH is 1. The SMILES string of the molecule is CC(C)[C@H](C)/C=C/[C@@H](C)[C@H]1CC[C@H]2[C@@H]3CC[C@H]4[C@@H](CO)CC[C@]4(C)[C@H]3CC[C@]12C. The highest BCUT2D eigenvalue weighted by Gasteiger charge is 2.61. The van der Waals surface area contributed by atoms with Gasteiger partial charge < -0.3 is 5.11 Å². The number of rotatable bonds is 5. The predicted molar refractivity (Wildman–Crippen MR) is 123 cm³/mol. The topological polar surface area (TPSA) is 20.2 Å². The van der Waals surface area contributed by atoms with Gasteiger partial charge in [0.1, 0.15) is 0 Å². The summed E-state index contributed by atoms with van der Waals surface area (Å²) in [6, 6.07) is 0. The summed E-state index contributed by atoms with van der Waals surface area (Å²) < 4.78 is 0. The second-order valence-electron chi connectivity index (χ2n) is 12.6. The highest BCUT2D eigenvalue weighted by atomic mass is 16.3. The molecule has 0 radical (unpaired) electrons. The molecule has 0 heterocycles. The summed E-state index contributed by atoms with van der Waals surface area (Å²) in [5.41, 5.74) is 1.08. The van der Waals surface area contributed by atoms with E-state index >= 15 is 0 Å². The molecule has 10 atom stereocenters. The van der Waals surface area contributed by atoms with Crippen molar-refractivity contribution in [2.24, 2.45) is 64.1 Å². The Morgan fingerprint density at radius 3 is 2.14 bits per heavy atom. The lowest BCUT2D eigenvalue weighted by Crippen LogP contribution is -2.51. The van der Waals surface area contributed by atoms with Gasteiger partial charge in [-0.3, -0.25) is 0 Å². The van der Waals surface area contributed by atoms with Gasteiger partial charge in [0.05, 0.1) is 0 Å². The molecule has 0 aromatic heterocycles. The molecule has 4 aliphatic carbocycles. The second-order valence-corrected chi connectivity index (χ2v) is 12.6. The van der Waals surface area contributed by atoms with E-state index in [-0.39, 0.29) is 0 Å². The first-order valence-corrected chi connectivity index (χ1v) is 13.0. The van der Waals surface area contributed by atoms with Crippen molar-refractivity contribution in [1.82, 2.24) is 0 Å². The van der Waals surface area contributed by atoms with Crippen LogP contribution >= 0.6 is 0 Å². The molecule has 0 bridgehead atoms. The number of allylic oxidation sites excluding steroid dienone is 2. The van der Waals surface area contributed by atoms with Crippen LogP contribution < -0.4 is 0 Å². The van der Waals surface area contributed by atoms with Crippen LogP contribution in [0, 0.1) is 64.1 Å². The van der Waals surface area contributed by atoms with E-state index in [2.05, 4.69) is 53.7 Å². The fraction of sp³-hybridized carbons (Fsp3) is 0.929. The zero-order valence-corrected chi connectivity index (χ0v) is 20.2. The van der Waals surface area contributed by atoms with Gasteiger partial charge in [-0.1, -0.05) is 53.7 Å². The third-order valence-corrected chi connectivity index (χ3v) is 11.3. The summed E-state index contributed by atoms with van der Waals surface area (Å²) in [6.45, 7) is 15.3. The van der Waals surface area contributed by atoms with Gasteiger partial charge >= 0.3 is 0 Å². The van der Waals surface area contributed by atoms with Crippen LogP contribution in [-0.4, -0.2) is 11.7 Å². The molecule has 0 aromatic carbocycles. The van der Waals surface area contributed by atoms with E-state index in [0.717, 1.165) is 41.4 Å². The van der Waals surface area contributed by atoms with Crippen LogP contribution in [0.3, 0.4) is 0 Å². The second kappa shape index (κ2) is 7.99. The first-order chi connectivity index (χ1) is 13.7. The lowest BCUT2D eigenvalue weighted by Gasteiger charge is -2.58. The maximum Gasteiger partial charge on any atom is 0.0462 e. The summed E-state index contributed by atoms with van der Waals surface area (Å²) in [4.78, 5) is 0. The molecule has 0 aliphatic heterocycles. The highest BCUT2D eigenvalue weighted by molar-refractivity contribution is 5.12. The first-order valence-electron chi connectivity index (χ1n) is 13.0. The standard InChI is InChI=1S/C28H48O/c1-18(2)19(3)7-8-20(4)23-11-12-25-22-9-10-24-21(17-29)13-15-28(24,6)26(22)14-16-27(23,25)5/h7-8,18-26,29H,9-17H2,1-6H3/b8-7+/t19-,20-,21-,22+,23-,24+,25+,26+,27-,28+/m1/s1. The average Bonchev–Trinajstić information content (AvgIpc) is 3.22. The Kier molecular flexibility index (Phi) is 6.04. The van der Waals surface area contributed by atoms with E-state index in [1.807, 2.05) is 0 Å². The van der Waals surface area contributed by atoms with Crippen molar-refractivity contribution >= 4 is 0 Å². The molecular formula is C28H48O. The fourth-order valence-corrected chi connectivity index (χ4v) is 9.16. The van der Waals surface area contributed by atoms with Gasteiger partial charge in [0, 0.05) is 6.61 Å². The third kappa shape index (κ3) is 3.46. The van der Waals surface area contributed by atoms with Gasteiger partial charge in [-0.25, -0.2) is 0 Å². The Bertz CT molecular complexity index is 607. The Hall–Kier alpha value is -0.300. The summed E-state index contributed by atoms with van der Waals surface area (Å²) in [5.74, 6) is 7.28. The minimum absolute atomic E-state index is 0.430. The van der Waals surface area contributed by atoms with Gasteiger partial charge in [-0.2, -0.15) is 0 Å². The zero-order valence-electron chi connectivity index (χ0n) is 20.2. The van der Waals surface area contributed by atoms with E-state index in [4.69, 9.17) is 0 Å². The molecule has 0 aromatic rings. The molecule has 166 valence electrons. The Balaban J connectivity index is 1.50. The van der Waals surface area contributed by atoms with E-state index in [0.29, 0.717) is 29.3 Å². The molecule has 4 saturated carbocycles. The maximum absolute atomic E-state index is 9.92. The smallest absolute Gasteiger partial charge is 0.0462 e. The van der Waals surface area contributed by atoms with Crippen molar-refractivity contribution in [2.75, 3.05) is 6.61 Å². The van der Waals surface area contributed by atoms with Crippen molar-refractivity contribution < 1.29 is 5.11 Å². The van der Waals surface area contributed by atoms with Crippen LogP contribution in [0.4, 0.5) is 0 Å². The molecule has 0 spiro atoms. The third-order valence-electron chi connectivity index (χ3n) is 11.3. The van der Waals surface area contributed by atoms with E-state index < -0.39 is 0 Å². The number of hydrogen-bond donors (Lipinski definition) is 1. The van der Waals surface area contributed by atoms with Gasteiger partial charge in [0.25, 0.3) is 0 Å². The van der Waals surface area contributed by atoms with E-state index in [1.165, 1.54) is 51.4 Å². The number of fused-ring (bicyclic) bond motifs is 5. The largest absolute Gasteiger partial charge is 0.396 e. The molecule has 1 heteroatoms. The average molecular weight is 401 g/mol. The van der Waals surface area contributed by atoms with Crippen LogP contribution in [0.1, 0.15) is 92.9 Å². The van der Waals surface area contributed by atoms with Crippen LogP contribution in [0.5, 0.6) is 0 Å². The molecule has 0 amide bonds. The fourth-order valence-electron chi connectivity index (χ4n) is 9.16. The lowest BCUT2D eigenvalue weighted by molar-refractivity contribution is -0.0956. The molecular weight excluding hydrogens is 352 g/mol. The summed E-state index contributed by atoms with van der Waals surface area (Å²) in [7, 11) is 0. The van der Waals surface area contributed by atoms with Crippen molar-refractivity contribution in [3.05, 3.63) is 12.2 Å². The lowest BCUT2D eigenvalue weighted by atomic mass is 9.47. The van der Waals surface area contributed by atoms with Gasteiger partial charge in [-0.15, -0.1) is 0 Å². The van der Waals surface area contributed by atoms with E-state index in [1.54, 1.807) is 0 Å². The molecule has 4 fully saturated rings. The quantitative estimate of drug-likeness (QED) is 0.478. The zero-order chi connectivity index (χ0) is 21.0. The van der Waals surface area contributed by atoms with Gasteiger partial charge in [0.2, 0.25) is 0 Å². The molecule has 1 nitrogen and oxygen atoms in total. The Morgan fingerprint density at radius 1 is 0.793 bits per heavy atom. The van der Waals surface area contributed by atoms with E-state index in [9.17, 15) is 5.11 Å². The molecule has 0 saturated heterocycles. The predicted octanol–water partition coefficient (Wildman–Crippen LogP) is 7.35. The Labute approximate surface area is 181 Å². The van der Waals surface area contributed by atoms with Crippen LogP contribution in [0.15, 0.2) is 12.2 Å². The van der Waals surface area contributed by atoms with Crippen molar-refractivity contribution in [3.63, 3.8) is 0 Å². The molecule has 0 unspecified atom stereocenters. The summed E-state index contributed by atoms with van der Waals surface area (Å²) >= 11 is 0. The van der Waals surface area contributed by atoms with Gasteiger partial charge in [0.15, 0.2) is 0 Å². The summed E-state index contributed by atoms with van der Waals surface area (Å²) in [6.07, 6.45) is 16.4.